The lowest BCUT2D eigenvalue weighted by molar-refractivity contribution is -0.142. The first-order valence-corrected chi connectivity index (χ1v) is 9.81. The van der Waals surface area contributed by atoms with Crippen LogP contribution < -0.4 is 4.74 Å². The Morgan fingerprint density at radius 2 is 1.46 bits per heavy atom. The molecule has 0 spiro atoms. The zero-order valence-corrected chi connectivity index (χ0v) is 16.1. The van der Waals surface area contributed by atoms with E-state index in [4.69, 9.17) is 19.3 Å². The Hall–Kier alpha value is -1.59. The minimum absolute atomic E-state index is 0.277. The summed E-state index contributed by atoms with van der Waals surface area (Å²) >= 11 is 0. The molecule has 26 heavy (non-hydrogen) atoms. The van der Waals surface area contributed by atoms with Crippen LogP contribution in [-0.2, 0) is 20.7 Å². The lowest BCUT2D eigenvalue weighted by Crippen LogP contribution is -2.13. The number of carboxylic acids is 1. The Bertz CT molecular complexity index is 458. The van der Waals surface area contributed by atoms with Gasteiger partial charge in [0.2, 0.25) is 0 Å². The predicted molar refractivity (Wildman–Crippen MR) is 103 cm³/mol. The first kappa shape index (κ1) is 22.5. The van der Waals surface area contributed by atoms with Gasteiger partial charge in [0, 0.05) is 0 Å². The number of carbonyl (C=O) groups is 1. The maximum absolute atomic E-state index is 10.3. The zero-order chi connectivity index (χ0) is 18.9. The molecule has 0 bridgehead atoms. The molecule has 0 aliphatic rings. The molecule has 1 aromatic rings. The summed E-state index contributed by atoms with van der Waals surface area (Å²) in [7, 11) is 0. The fourth-order valence-corrected chi connectivity index (χ4v) is 2.64. The molecule has 0 aromatic heterocycles. The molecule has 0 aliphatic heterocycles. The summed E-state index contributed by atoms with van der Waals surface area (Å²) < 4.78 is 15.8. The molecule has 0 saturated carbocycles. The number of ether oxygens (including phenoxy) is 3. The van der Waals surface area contributed by atoms with Crippen molar-refractivity contribution in [1.82, 2.24) is 0 Å². The Balaban J connectivity index is 2.00. The number of unbranched alkanes of at least 4 members (excludes halogenated alkanes) is 6. The van der Waals surface area contributed by atoms with Crippen LogP contribution in [0.2, 0.25) is 0 Å². The highest BCUT2D eigenvalue weighted by molar-refractivity contribution is 5.67. The Morgan fingerprint density at radius 3 is 2.15 bits per heavy atom. The van der Waals surface area contributed by atoms with Crippen LogP contribution in [0.25, 0.3) is 0 Å². The average Bonchev–Trinajstić information content (AvgIpc) is 2.64. The number of rotatable bonds is 17. The second kappa shape index (κ2) is 15.6. The van der Waals surface area contributed by atoms with Crippen molar-refractivity contribution in [2.45, 2.75) is 58.3 Å². The molecule has 0 amide bonds. The number of aliphatic carboxylic acids is 1. The first-order valence-electron chi connectivity index (χ1n) is 9.81. The van der Waals surface area contributed by atoms with Crippen LogP contribution in [0, 0.1) is 0 Å². The van der Waals surface area contributed by atoms with Crippen molar-refractivity contribution < 1.29 is 24.1 Å². The van der Waals surface area contributed by atoms with Crippen LogP contribution >= 0.6 is 0 Å². The molecule has 0 heterocycles. The fourth-order valence-electron chi connectivity index (χ4n) is 2.64. The highest BCUT2D eigenvalue weighted by Crippen LogP contribution is 2.15. The smallest absolute Gasteiger partial charge is 0.329 e. The molecule has 0 saturated heterocycles. The van der Waals surface area contributed by atoms with Gasteiger partial charge < -0.3 is 19.3 Å². The van der Waals surface area contributed by atoms with Gasteiger partial charge >= 0.3 is 5.97 Å². The summed E-state index contributed by atoms with van der Waals surface area (Å²) in [5, 5.41) is 8.41. The van der Waals surface area contributed by atoms with E-state index < -0.39 is 5.97 Å². The van der Waals surface area contributed by atoms with E-state index in [1.54, 1.807) is 0 Å². The monoisotopic (exact) mass is 366 g/mol. The largest absolute Gasteiger partial charge is 0.491 e. The number of aryl methyl sites for hydroxylation is 1. The molecule has 148 valence electrons. The lowest BCUT2D eigenvalue weighted by Gasteiger charge is -2.08. The summed E-state index contributed by atoms with van der Waals surface area (Å²) in [6.45, 7) is 3.53. The first-order chi connectivity index (χ1) is 12.7. The summed E-state index contributed by atoms with van der Waals surface area (Å²) in [6, 6.07) is 8.28. The standard InChI is InChI=1S/C21H34O5/c1-2-3-4-5-6-7-8-9-19-10-12-20(13-11-19)26-17-16-24-14-15-25-18-21(22)23/h10-13H,2-9,14-18H2,1H3,(H,22,23). The zero-order valence-electron chi connectivity index (χ0n) is 16.1. The third kappa shape index (κ3) is 12.7. The molecule has 1 rings (SSSR count). The highest BCUT2D eigenvalue weighted by Gasteiger charge is 1.98. The molecule has 0 fully saturated rings. The Kier molecular flexibility index (Phi) is 13.5. The van der Waals surface area contributed by atoms with Gasteiger partial charge in [-0.25, -0.2) is 4.79 Å². The number of hydrogen-bond acceptors (Lipinski definition) is 4. The van der Waals surface area contributed by atoms with E-state index in [0.717, 1.165) is 12.2 Å². The van der Waals surface area contributed by atoms with Gasteiger partial charge in [0.05, 0.1) is 19.8 Å². The van der Waals surface area contributed by atoms with Crippen molar-refractivity contribution in [2.75, 3.05) is 33.0 Å². The van der Waals surface area contributed by atoms with E-state index in [2.05, 4.69) is 19.1 Å². The number of carboxylic acid groups (broad SMARTS) is 1. The second-order valence-electron chi connectivity index (χ2n) is 6.42. The van der Waals surface area contributed by atoms with Gasteiger partial charge in [0.15, 0.2) is 0 Å². The van der Waals surface area contributed by atoms with Crippen molar-refractivity contribution in [1.29, 1.82) is 0 Å². The molecule has 0 atom stereocenters. The second-order valence-corrected chi connectivity index (χ2v) is 6.42. The molecular weight excluding hydrogens is 332 g/mol. The normalized spacial score (nSPS) is 10.8. The van der Waals surface area contributed by atoms with Gasteiger partial charge in [0.1, 0.15) is 19.0 Å². The van der Waals surface area contributed by atoms with Gasteiger partial charge in [-0.1, -0.05) is 57.6 Å². The minimum Gasteiger partial charge on any atom is -0.491 e. The van der Waals surface area contributed by atoms with E-state index >= 15 is 0 Å². The molecule has 0 radical (unpaired) electrons. The molecule has 1 N–H and O–H groups in total. The third-order valence-corrected chi connectivity index (χ3v) is 4.09. The minimum atomic E-state index is -0.969. The van der Waals surface area contributed by atoms with Crippen molar-refractivity contribution in [3.05, 3.63) is 29.8 Å². The SMILES string of the molecule is CCCCCCCCCc1ccc(OCCOCCOCC(=O)O)cc1. The quantitative estimate of drug-likeness (QED) is 0.412. The molecule has 0 aliphatic carbocycles. The average molecular weight is 366 g/mol. The number of hydrogen-bond donors (Lipinski definition) is 1. The van der Waals surface area contributed by atoms with Crippen LogP contribution in [0.1, 0.15) is 57.4 Å². The number of benzene rings is 1. The maximum atomic E-state index is 10.3. The van der Waals surface area contributed by atoms with Crippen molar-refractivity contribution in [2.24, 2.45) is 0 Å². The summed E-state index contributed by atoms with van der Waals surface area (Å²) in [5.74, 6) is -0.122. The van der Waals surface area contributed by atoms with Crippen LogP contribution in [-0.4, -0.2) is 44.1 Å². The summed E-state index contributed by atoms with van der Waals surface area (Å²) in [4.78, 5) is 10.3. The Labute approximate surface area is 157 Å². The Morgan fingerprint density at radius 1 is 0.846 bits per heavy atom. The predicted octanol–water partition coefficient (Wildman–Crippen LogP) is 4.48. The van der Waals surface area contributed by atoms with Crippen molar-refractivity contribution in [3.8, 4) is 5.75 Å². The van der Waals surface area contributed by atoms with Crippen LogP contribution in [0.15, 0.2) is 24.3 Å². The van der Waals surface area contributed by atoms with Crippen LogP contribution in [0.3, 0.4) is 0 Å². The van der Waals surface area contributed by atoms with E-state index in [1.165, 1.54) is 50.5 Å². The lowest BCUT2D eigenvalue weighted by atomic mass is 10.0. The summed E-state index contributed by atoms with van der Waals surface area (Å²) in [5.41, 5.74) is 1.36. The highest BCUT2D eigenvalue weighted by atomic mass is 16.5. The van der Waals surface area contributed by atoms with Gasteiger partial charge in [-0.2, -0.15) is 0 Å². The molecule has 5 nitrogen and oxygen atoms in total. The molecular formula is C21H34O5. The molecule has 5 heteroatoms. The summed E-state index contributed by atoms with van der Waals surface area (Å²) in [6.07, 6.45) is 10.5. The van der Waals surface area contributed by atoms with Crippen molar-refractivity contribution in [3.63, 3.8) is 0 Å². The van der Waals surface area contributed by atoms with Crippen LogP contribution in [0.5, 0.6) is 5.75 Å². The topological polar surface area (TPSA) is 65.0 Å². The van der Waals surface area contributed by atoms with Crippen molar-refractivity contribution >= 4 is 5.97 Å². The maximum Gasteiger partial charge on any atom is 0.329 e. The van der Waals surface area contributed by atoms with E-state index in [1.807, 2.05) is 12.1 Å². The van der Waals surface area contributed by atoms with E-state index in [-0.39, 0.29) is 13.2 Å². The van der Waals surface area contributed by atoms with E-state index in [0.29, 0.717) is 19.8 Å². The molecule has 0 unspecified atom stereocenters. The fraction of sp³-hybridized carbons (Fsp3) is 0.667. The van der Waals surface area contributed by atoms with Crippen LogP contribution in [0.4, 0.5) is 0 Å². The third-order valence-electron chi connectivity index (χ3n) is 4.09. The van der Waals surface area contributed by atoms with Gasteiger partial charge in [0.25, 0.3) is 0 Å². The molecule has 1 aromatic carbocycles. The van der Waals surface area contributed by atoms with Gasteiger partial charge in [-0.05, 0) is 30.5 Å². The van der Waals surface area contributed by atoms with Gasteiger partial charge in [-0.15, -0.1) is 0 Å². The van der Waals surface area contributed by atoms with Gasteiger partial charge in [-0.3, -0.25) is 0 Å². The van der Waals surface area contributed by atoms with E-state index in [9.17, 15) is 4.79 Å².